The van der Waals surface area contributed by atoms with E-state index in [0.717, 1.165) is 11.3 Å². The maximum atomic E-state index is 11.7. The number of benzene rings is 1. The first-order valence-electron chi connectivity index (χ1n) is 5.82. The van der Waals surface area contributed by atoms with Gasteiger partial charge in [0, 0.05) is 6.42 Å². The van der Waals surface area contributed by atoms with Crippen molar-refractivity contribution in [3.8, 4) is 11.8 Å². The maximum absolute atomic E-state index is 11.7. The molecule has 1 N–H and O–H groups in total. The number of nitrogens with zero attached hydrogens (tertiary/aromatic N) is 1. The number of rotatable bonds is 5. The SMILES string of the molecule is COc1ccccc1CCC(=O)NC(C)(C)C#N. The standard InChI is InChI=1S/C14H18N2O2/c1-14(2,10-15)16-13(17)9-8-11-6-4-5-7-12(11)18-3/h4-7H,8-9H2,1-3H3,(H,16,17). The topological polar surface area (TPSA) is 62.1 Å². The summed E-state index contributed by atoms with van der Waals surface area (Å²) in [6.07, 6.45) is 0.933. The molecule has 18 heavy (non-hydrogen) atoms. The van der Waals surface area contributed by atoms with Crippen molar-refractivity contribution in [2.24, 2.45) is 0 Å². The van der Waals surface area contributed by atoms with Crippen LogP contribution in [-0.4, -0.2) is 18.6 Å². The normalized spacial score (nSPS) is 10.6. The molecule has 1 aromatic rings. The molecule has 0 aromatic heterocycles. The Morgan fingerprint density at radius 1 is 1.44 bits per heavy atom. The summed E-state index contributed by atoms with van der Waals surface area (Å²) in [6, 6.07) is 9.64. The number of hydrogen-bond acceptors (Lipinski definition) is 3. The Labute approximate surface area is 108 Å². The molecule has 4 heteroatoms. The summed E-state index contributed by atoms with van der Waals surface area (Å²) < 4.78 is 5.22. The molecule has 0 aliphatic heterocycles. The van der Waals surface area contributed by atoms with Crippen molar-refractivity contribution in [3.63, 3.8) is 0 Å². The summed E-state index contributed by atoms with van der Waals surface area (Å²) in [6.45, 7) is 3.35. The van der Waals surface area contributed by atoms with Gasteiger partial charge in [-0.15, -0.1) is 0 Å². The van der Waals surface area contributed by atoms with E-state index in [4.69, 9.17) is 10.00 Å². The van der Waals surface area contributed by atoms with Crippen molar-refractivity contribution < 1.29 is 9.53 Å². The predicted octanol–water partition coefficient (Wildman–Crippen LogP) is 2.05. The lowest BCUT2D eigenvalue weighted by Gasteiger charge is -2.17. The van der Waals surface area contributed by atoms with E-state index in [0.29, 0.717) is 12.8 Å². The summed E-state index contributed by atoms with van der Waals surface area (Å²) >= 11 is 0. The van der Waals surface area contributed by atoms with Crippen LogP contribution in [0, 0.1) is 11.3 Å². The molecular weight excluding hydrogens is 228 g/mol. The van der Waals surface area contributed by atoms with Crippen molar-refractivity contribution in [2.75, 3.05) is 7.11 Å². The smallest absolute Gasteiger partial charge is 0.221 e. The van der Waals surface area contributed by atoms with E-state index in [9.17, 15) is 4.79 Å². The van der Waals surface area contributed by atoms with Gasteiger partial charge < -0.3 is 10.1 Å². The van der Waals surface area contributed by atoms with E-state index in [1.165, 1.54) is 0 Å². The highest BCUT2D eigenvalue weighted by Gasteiger charge is 2.19. The van der Waals surface area contributed by atoms with Gasteiger partial charge in [0.15, 0.2) is 0 Å². The number of methoxy groups -OCH3 is 1. The van der Waals surface area contributed by atoms with Crippen LogP contribution in [0.2, 0.25) is 0 Å². The maximum Gasteiger partial charge on any atom is 0.221 e. The lowest BCUT2D eigenvalue weighted by atomic mass is 10.1. The minimum atomic E-state index is -0.822. The van der Waals surface area contributed by atoms with Gasteiger partial charge in [-0.1, -0.05) is 18.2 Å². The van der Waals surface area contributed by atoms with Gasteiger partial charge in [-0.2, -0.15) is 5.26 Å². The highest BCUT2D eigenvalue weighted by molar-refractivity contribution is 5.77. The average Bonchev–Trinajstić information content (AvgIpc) is 2.36. The van der Waals surface area contributed by atoms with Crippen LogP contribution in [0.25, 0.3) is 0 Å². The van der Waals surface area contributed by atoms with Crippen molar-refractivity contribution in [3.05, 3.63) is 29.8 Å². The third-order valence-electron chi connectivity index (χ3n) is 2.55. The second kappa shape index (κ2) is 6.06. The van der Waals surface area contributed by atoms with Crippen LogP contribution in [0.5, 0.6) is 5.75 Å². The van der Waals surface area contributed by atoms with E-state index in [1.807, 2.05) is 30.3 Å². The summed E-state index contributed by atoms with van der Waals surface area (Å²) in [5, 5.41) is 11.5. The fraction of sp³-hybridized carbons (Fsp3) is 0.429. The van der Waals surface area contributed by atoms with Crippen LogP contribution in [-0.2, 0) is 11.2 Å². The lowest BCUT2D eigenvalue weighted by molar-refractivity contribution is -0.122. The molecule has 0 bridgehead atoms. The molecule has 1 aromatic carbocycles. The third-order valence-corrected chi connectivity index (χ3v) is 2.55. The molecule has 0 saturated heterocycles. The molecule has 0 saturated carbocycles. The van der Waals surface area contributed by atoms with Gasteiger partial charge >= 0.3 is 0 Å². The highest BCUT2D eigenvalue weighted by Crippen LogP contribution is 2.18. The molecular formula is C14H18N2O2. The number of amides is 1. The molecule has 0 aliphatic rings. The van der Waals surface area contributed by atoms with E-state index >= 15 is 0 Å². The Balaban J connectivity index is 2.56. The first kappa shape index (κ1) is 14.0. The summed E-state index contributed by atoms with van der Waals surface area (Å²) in [5.41, 5.74) is 0.169. The van der Waals surface area contributed by atoms with E-state index in [1.54, 1.807) is 21.0 Å². The number of carbonyl (C=O) groups excluding carboxylic acids is 1. The van der Waals surface area contributed by atoms with Gasteiger partial charge in [-0.05, 0) is 31.9 Å². The number of hydrogen-bond donors (Lipinski definition) is 1. The first-order valence-corrected chi connectivity index (χ1v) is 5.82. The number of para-hydroxylation sites is 1. The van der Waals surface area contributed by atoms with Crippen LogP contribution < -0.4 is 10.1 Å². The Bertz CT molecular complexity index is 461. The molecule has 1 rings (SSSR count). The molecule has 0 radical (unpaired) electrons. The fourth-order valence-corrected chi connectivity index (χ4v) is 1.60. The second-order valence-electron chi connectivity index (χ2n) is 4.60. The predicted molar refractivity (Wildman–Crippen MR) is 69.1 cm³/mol. The number of nitrogens with one attached hydrogen (secondary N) is 1. The summed E-state index contributed by atoms with van der Waals surface area (Å²) in [7, 11) is 1.61. The van der Waals surface area contributed by atoms with Crippen LogP contribution in [0.1, 0.15) is 25.8 Å². The molecule has 0 fully saturated rings. The van der Waals surface area contributed by atoms with Crippen molar-refractivity contribution in [2.45, 2.75) is 32.2 Å². The van der Waals surface area contributed by atoms with Crippen LogP contribution >= 0.6 is 0 Å². The zero-order valence-electron chi connectivity index (χ0n) is 11.0. The van der Waals surface area contributed by atoms with E-state index in [2.05, 4.69) is 5.32 Å². The van der Waals surface area contributed by atoms with Gasteiger partial charge in [0.25, 0.3) is 0 Å². The molecule has 1 amide bonds. The van der Waals surface area contributed by atoms with Crippen LogP contribution in [0.4, 0.5) is 0 Å². The highest BCUT2D eigenvalue weighted by atomic mass is 16.5. The Hall–Kier alpha value is -2.02. The molecule has 0 heterocycles. The van der Waals surface area contributed by atoms with Gasteiger partial charge in [0.05, 0.1) is 13.2 Å². The van der Waals surface area contributed by atoms with Gasteiger partial charge in [-0.3, -0.25) is 4.79 Å². The average molecular weight is 246 g/mol. The third kappa shape index (κ3) is 4.10. The molecule has 0 unspecified atom stereocenters. The Kier molecular flexibility index (Phi) is 4.73. The molecule has 0 spiro atoms. The minimum Gasteiger partial charge on any atom is -0.496 e. The fourth-order valence-electron chi connectivity index (χ4n) is 1.60. The van der Waals surface area contributed by atoms with Crippen LogP contribution in [0.3, 0.4) is 0 Å². The number of ether oxygens (including phenoxy) is 1. The Morgan fingerprint density at radius 2 is 2.11 bits per heavy atom. The van der Waals surface area contributed by atoms with E-state index < -0.39 is 5.54 Å². The minimum absolute atomic E-state index is 0.132. The molecule has 0 aliphatic carbocycles. The summed E-state index contributed by atoms with van der Waals surface area (Å²) in [5.74, 6) is 0.650. The van der Waals surface area contributed by atoms with Gasteiger partial charge in [0.1, 0.15) is 11.3 Å². The monoisotopic (exact) mass is 246 g/mol. The van der Waals surface area contributed by atoms with Gasteiger partial charge in [-0.25, -0.2) is 0 Å². The zero-order chi connectivity index (χ0) is 13.6. The summed E-state index contributed by atoms with van der Waals surface area (Å²) in [4.78, 5) is 11.7. The quantitative estimate of drug-likeness (QED) is 0.864. The van der Waals surface area contributed by atoms with Gasteiger partial charge in [0.2, 0.25) is 5.91 Å². The first-order chi connectivity index (χ1) is 8.48. The van der Waals surface area contributed by atoms with Crippen molar-refractivity contribution >= 4 is 5.91 Å². The second-order valence-corrected chi connectivity index (χ2v) is 4.60. The molecule has 4 nitrogen and oxygen atoms in total. The Morgan fingerprint density at radius 3 is 2.72 bits per heavy atom. The molecule has 0 atom stereocenters. The number of carbonyl (C=O) groups is 1. The lowest BCUT2D eigenvalue weighted by Crippen LogP contribution is -2.42. The van der Waals surface area contributed by atoms with Crippen molar-refractivity contribution in [1.29, 1.82) is 5.26 Å². The van der Waals surface area contributed by atoms with E-state index in [-0.39, 0.29) is 5.91 Å². The number of aryl methyl sites for hydroxylation is 1. The zero-order valence-corrected chi connectivity index (χ0v) is 11.0. The molecule has 96 valence electrons. The number of nitriles is 1. The van der Waals surface area contributed by atoms with Crippen LogP contribution in [0.15, 0.2) is 24.3 Å². The van der Waals surface area contributed by atoms with Crippen molar-refractivity contribution in [1.82, 2.24) is 5.32 Å². The largest absolute Gasteiger partial charge is 0.496 e.